The highest BCUT2D eigenvalue weighted by Crippen LogP contribution is 2.44. The number of carbonyl (C=O) groups excluding carboxylic acids is 2. The Kier molecular flexibility index (Phi) is 8.91. The molecule has 0 aromatic heterocycles. The number of hydrogen-bond donors (Lipinski definition) is 2. The normalized spacial score (nSPS) is 13.2. The third-order valence-corrected chi connectivity index (χ3v) is 7.67. The van der Waals surface area contributed by atoms with E-state index in [9.17, 15) is 24.8 Å². The van der Waals surface area contributed by atoms with E-state index in [4.69, 9.17) is 14.2 Å². The van der Waals surface area contributed by atoms with Crippen LogP contribution in [0, 0.1) is 10.1 Å². The lowest BCUT2D eigenvalue weighted by molar-refractivity contribution is -0.386. The van der Waals surface area contributed by atoms with Gasteiger partial charge in [0.15, 0.2) is 22.9 Å². The molecule has 44 heavy (non-hydrogen) atoms. The fraction of sp³-hybridized carbons (Fsp3) is 0.235. The van der Waals surface area contributed by atoms with Gasteiger partial charge in [-0.15, -0.1) is 0 Å². The predicted molar refractivity (Wildman–Crippen MR) is 163 cm³/mol. The maximum Gasteiger partial charge on any atom is 0.407 e. The maximum atomic E-state index is 13.1. The average Bonchev–Trinajstić information content (AvgIpc) is 3.36. The van der Waals surface area contributed by atoms with Crippen LogP contribution in [0.1, 0.15) is 46.3 Å². The molecule has 5 rings (SSSR count). The zero-order chi connectivity index (χ0) is 31.3. The van der Waals surface area contributed by atoms with Crippen LogP contribution >= 0.6 is 0 Å². The summed E-state index contributed by atoms with van der Waals surface area (Å²) >= 11 is 0. The fourth-order valence-corrected chi connectivity index (χ4v) is 5.45. The first kappa shape index (κ1) is 30.2. The van der Waals surface area contributed by atoms with Gasteiger partial charge in [0.1, 0.15) is 6.61 Å². The molecule has 10 heteroatoms. The van der Waals surface area contributed by atoms with Crippen molar-refractivity contribution in [2.24, 2.45) is 0 Å². The number of ether oxygens (including phenoxy) is 3. The molecule has 0 aliphatic heterocycles. The highest BCUT2D eigenvalue weighted by molar-refractivity contribution is 6.03. The number of hydrogen-bond acceptors (Lipinski definition) is 8. The minimum Gasteiger partial charge on any atom is -0.493 e. The summed E-state index contributed by atoms with van der Waals surface area (Å²) in [5.41, 5.74) is 1.81. The fourth-order valence-electron chi connectivity index (χ4n) is 5.45. The Labute approximate surface area is 254 Å². The van der Waals surface area contributed by atoms with Gasteiger partial charge in [0, 0.05) is 18.0 Å². The summed E-state index contributed by atoms with van der Waals surface area (Å²) < 4.78 is 16.7. The van der Waals surface area contributed by atoms with Gasteiger partial charge >= 0.3 is 6.09 Å². The molecule has 0 saturated heterocycles. The molecular weight excluding hydrogens is 564 g/mol. The van der Waals surface area contributed by atoms with E-state index in [1.165, 1.54) is 32.2 Å². The van der Waals surface area contributed by atoms with Crippen molar-refractivity contribution >= 4 is 17.6 Å². The second-order valence-corrected chi connectivity index (χ2v) is 10.5. The van der Waals surface area contributed by atoms with Gasteiger partial charge in [-0.2, -0.15) is 0 Å². The number of nitrogens with zero attached hydrogens (tertiary/aromatic N) is 1. The van der Waals surface area contributed by atoms with Crippen LogP contribution in [-0.2, 0) is 10.3 Å². The van der Waals surface area contributed by atoms with E-state index < -0.39 is 28.1 Å². The van der Waals surface area contributed by atoms with E-state index in [0.717, 1.165) is 28.3 Å². The summed E-state index contributed by atoms with van der Waals surface area (Å²) in [6.45, 7) is 1.73. The zero-order valence-corrected chi connectivity index (χ0v) is 24.3. The van der Waals surface area contributed by atoms with Crippen LogP contribution < -0.4 is 14.8 Å². The maximum absolute atomic E-state index is 13.1. The monoisotopic (exact) mass is 596 g/mol. The van der Waals surface area contributed by atoms with Crippen LogP contribution in [0.2, 0.25) is 0 Å². The molecular formula is C34H32N2O8. The first-order chi connectivity index (χ1) is 21.2. The number of rotatable bonds is 12. The molecule has 0 heterocycles. The number of nitro benzene ring substituents is 1. The molecule has 1 unspecified atom stereocenters. The summed E-state index contributed by atoms with van der Waals surface area (Å²) in [6.07, 6.45) is -0.192. The number of ketones is 1. The van der Waals surface area contributed by atoms with E-state index >= 15 is 0 Å². The van der Waals surface area contributed by atoms with E-state index in [1.54, 1.807) is 18.2 Å². The van der Waals surface area contributed by atoms with Crippen molar-refractivity contribution < 1.29 is 33.8 Å². The number of aliphatic hydroxyl groups is 1. The van der Waals surface area contributed by atoms with E-state index in [0.29, 0.717) is 6.42 Å². The van der Waals surface area contributed by atoms with Crippen molar-refractivity contribution in [3.63, 3.8) is 0 Å². The second kappa shape index (κ2) is 13.0. The van der Waals surface area contributed by atoms with Crippen molar-refractivity contribution in [2.45, 2.75) is 24.9 Å². The molecule has 0 radical (unpaired) electrons. The Morgan fingerprint density at radius 2 is 1.55 bits per heavy atom. The number of benzene rings is 4. The molecule has 2 N–H and O–H groups in total. The molecule has 0 spiro atoms. The number of amides is 1. The van der Waals surface area contributed by atoms with E-state index in [2.05, 4.69) is 17.4 Å². The third-order valence-electron chi connectivity index (χ3n) is 7.67. The number of carbonyl (C=O) groups is 2. The number of methoxy groups -OCH3 is 1. The molecule has 1 atom stereocenters. The van der Waals surface area contributed by atoms with Gasteiger partial charge in [0.2, 0.25) is 0 Å². The third kappa shape index (κ3) is 6.11. The van der Waals surface area contributed by atoms with E-state index in [-0.39, 0.29) is 48.3 Å². The molecule has 1 aliphatic rings. The summed E-state index contributed by atoms with van der Waals surface area (Å²) in [4.78, 5) is 36.8. The lowest BCUT2D eigenvalue weighted by atomic mass is 9.86. The SMILES string of the molecule is COc1cc(C(C)(O)C(=O)c2ccccc2)c([N+](=O)[O-])cc1OCCCNC(=O)OCC1c2ccccc2-c2ccccc21. The highest BCUT2D eigenvalue weighted by atomic mass is 16.6. The molecule has 4 aromatic rings. The van der Waals surface area contributed by atoms with Crippen LogP contribution in [0.4, 0.5) is 10.5 Å². The number of fused-ring (bicyclic) bond motifs is 3. The molecule has 1 amide bonds. The lowest BCUT2D eigenvalue weighted by Gasteiger charge is -2.23. The van der Waals surface area contributed by atoms with Crippen LogP contribution in [0.5, 0.6) is 11.5 Å². The average molecular weight is 597 g/mol. The van der Waals surface area contributed by atoms with Crippen LogP contribution in [-0.4, -0.2) is 48.8 Å². The first-order valence-corrected chi connectivity index (χ1v) is 14.1. The molecule has 0 saturated carbocycles. The Balaban J connectivity index is 1.17. The minimum absolute atomic E-state index is 0.0496. The molecule has 0 fully saturated rings. The second-order valence-electron chi connectivity index (χ2n) is 10.5. The van der Waals surface area contributed by atoms with Gasteiger partial charge in [0.05, 0.1) is 30.3 Å². The molecule has 10 nitrogen and oxygen atoms in total. The smallest absolute Gasteiger partial charge is 0.407 e. The Hall–Kier alpha value is -5.22. The van der Waals surface area contributed by atoms with Gasteiger partial charge in [-0.25, -0.2) is 4.79 Å². The van der Waals surface area contributed by atoms with Gasteiger partial charge < -0.3 is 24.6 Å². The van der Waals surface area contributed by atoms with Crippen molar-refractivity contribution in [1.29, 1.82) is 0 Å². The topological polar surface area (TPSA) is 137 Å². The molecule has 226 valence electrons. The quantitative estimate of drug-likeness (QED) is 0.0879. The lowest BCUT2D eigenvalue weighted by Crippen LogP contribution is -2.33. The van der Waals surface area contributed by atoms with Gasteiger partial charge in [-0.1, -0.05) is 78.9 Å². The number of Topliss-reactive ketones (excluding diaryl/α,β-unsaturated/α-hetero) is 1. The molecule has 1 aliphatic carbocycles. The summed E-state index contributed by atoms with van der Waals surface area (Å²) in [7, 11) is 1.35. The Bertz CT molecular complexity index is 1640. The predicted octanol–water partition coefficient (Wildman–Crippen LogP) is 6.00. The van der Waals surface area contributed by atoms with Crippen molar-refractivity contribution in [3.05, 3.63) is 123 Å². The summed E-state index contributed by atoms with van der Waals surface area (Å²) in [6, 6.07) is 26.6. The molecule has 0 bridgehead atoms. The van der Waals surface area contributed by atoms with Crippen molar-refractivity contribution in [3.8, 4) is 22.6 Å². The van der Waals surface area contributed by atoms with Crippen molar-refractivity contribution in [1.82, 2.24) is 5.32 Å². The summed E-state index contributed by atoms with van der Waals surface area (Å²) in [5.74, 6) is -0.578. The highest BCUT2D eigenvalue weighted by Gasteiger charge is 2.40. The number of alkyl carbamates (subject to hydrolysis) is 1. The largest absolute Gasteiger partial charge is 0.493 e. The van der Waals surface area contributed by atoms with Crippen LogP contribution in [0.25, 0.3) is 11.1 Å². The van der Waals surface area contributed by atoms with Gasteiger partial charge in [-0.05, 0) is 41.7 Å². The zero-order valence-electron chi connectivity index (χ0n) is 24.3. The minimum atomic E-state index is -2.21. The van der Waals surface area contributed by atoms with Crippen LogP contribution in [0.15, 0.2) is 91.0 Å². The van der Waals surface area contributed by atoms with E-state index in [1.807, 2.05) is 36.4 Å². The Morgan fingerprint density at radius 3 is 2.16 bits per heavy atom. The van der Waals surface area contributed by atoms with Crippen LogP contribution in [0.3, 0.4) is 0 Å². The summed E-state index contributed by atoms with van der Waals surface area (Å²) in [5, 5.41) is 25.8. The number of nitro groups is 1. The first-order valence-electron chi connectivity index (χ1n) is 14.1. The number of nitrogens with one attached hydrogen (secondary N) is 1. The van der Waals surface area contributed by atoms with Gasteiger partial charge in [0.25, 0.3) is 5.69 Å². The standard InChI is InChI=1S/C34H32N2O8/c1-34(39,32(37)22-11-4-3-5-12-22)28-19-30(42-2)31(20-29(28)36(40)41)43-18-10-17-35-33(38)44-21-27-25-15-8-6-13-23(25)24-14-7-9-16-26(24)27/h3-9,11-16,19-20,27,39H,10,17-18,21H2,1-2H3,(H,35,38). The van der Waals surface area contributed by atoms with Crippen molar-refractivity contribution in [2.75, 3.05) is 26.9 Å². The molecule has 4 aromatic carbocycles. The van der Waals surface area contributed by atoms with Gasteiger partial charge in [-0.3, -0.25) is 14.9 Å². The Morgan fingerprint density at radius 1 is 0.932 bits per heavy atom.